The number of nitrogens with zero attached hydrogens (tertiary/aromatic N) is 2. The lowest BCUT2D eigenvalue weighted by Crippen LogP contribution is -2.38. The minimum Gasteiger partial charge on any atom is -0.360 e. The number of fused-ring (bicyclic) bond motifs is 2. The largest absolute Gasteiger partial charge is 0.360 e. The number of rotatable bonds is 3. The van der Waals surface area contributed by atoms with Crippen molar-refractivity contribution in [2.24, 2.45) is 0 Å². The lowest BCUT2D eigenvalue weighted by molar-refractivity contribution is 0.478. The van der Waals surface area contributed by atoms with E-state index in [1.807, 2.05) is 12.3 Å². The zero-order chi connectivity index (χ0) is 17.5. The maximum Gasteiger partial charge on any atom is 0.224 e. The summed E-state index contributed by atoms with van der Waals surface area (Å²) in [6, 6.07) is 8.69. The van der Waals surface area contributed by atoms with Gasteiger partial charge in [0, 0.05) is 34.2 Å². The third kappa shape index (κ3) is 2.80. The smallest absolute Gasteiger partial charge is 0.224 e. The van der Waals surface area contributed by atoms with Crippen molar-refractivity contribution in [1.82, 2.24) is 20.3 Å². The van der Waals surface area contributed by atoms with Crippen LogP contribution in [0, 0.1) is 0 Å². The van der Waals surface area contributed by atoms with Gasteiger partial charge in [0.2, 0.25) is 5.95 Å². The Morgan fingerprint density at radius 1 is 1.23 bits per heavy atom. The van der Waals surface area contributed by atoms with Gasteiger partial charge in [-0.1, -0.05) is 12.1 Å². The van der Waals surface area contributed by atoms with E-state index in [1.54, 1.807) is 11.3 Å². The molecule has 1 saturated heterocycles. The van der Waals surface area contributed by atoms with E-state index in [1.165, 1.54) is 6.42 Å². The van der Waals surface area contributed by atoms with Crippen LogP contribution in [0.2, 0.25) is 0 Å². The number of nitrogens with one attached hydrogen (secondary N) is 3. The number of aromatic nitrogens is 3. The standard InChI is InChI=1S/C19H18BrN5S/c20-14-5-1-4-12-13(10-22-16(12)14)17-18-15(6-8-26-18)24-19(25-17)23-11-3-2-7-21-9-11/h1,4-6,8,10-11,21-22H,2-3,7,9H2,(H,23,24,25)/t11-/m0/s1. The second kappa shape index (κ2) is 6.64. The Labute approximate surface area is 163 Å². The quantitative estimate of drug-likeness (QED) is 0.440. The highest BCUT2D eigenvalue weighted by atomic mass is 79.9. The first-order chi connectivity index (χ1) is 12.8. The van der Waals surface area contributed by atoms with Crippen molar-refractivity contribution in [2.45, 2.75) is 18.9 Å². The highest BCUT2D eigenvalue weighted by molar-refractivity contribution is 9.10. The molecule has 4 heterocycles. The molecule has 26 heavy (non-hydrogen) atoms. The fraction of sp³-hybridized carbons (Fsp3) is 0.263. The summed E-state index contributed by atoms with van der Waals surface area (Å²) in [4.78, 5) is 13.0. The molecular weight excluding hydrogens is 410 g/mol. The topological polar surface area (TPSA) is 65.6 Å². The number of benzene rings is 1. The van der Waals surface area contributed by atoms with Gasteiger partial charge >= 0.3 is 0 Å². The number of piperidine rings is 1. The van der Waals surface area contributed by atoms with Crippen LogP contribution >= 0.6 is 27.3 Å². The Morgan fingerprint density at radius 2 is 2.19 bits per heavy atom. The van der Waals surface area contributed by atoms with Crippen molar-refractivity contribution in [2.75, 3.05) is 18.4 Å². The number of hydrogen-bond donors (Lipinski definition) is 3. The highest BCUT2D eigenvalue weighted by Gasteiger charge is 2.18. The van der Waals surface area contributed by atoms with Gasteiger partial charge in [-0.3, -0.25) is 0 Å². The SMILES string of the molecule is Brc1cccc2c(-c3nc(N[C@H]4CCCNC4)nc4ccsc34)c[nH]c12. The predicted octanol–water partition coefficient (Wildman–Crippen LogP) is 4.77. The first-order valence-electron chi connectivity index (χ1n) is 8.78. The number of halogens is 1. The van der Waals surface area contributed by atoms with E-state index in [2.05, 4.69) is 55.1 Å². The van der Waals surface area contributed by atoms with E-state index >= 15 is 0 Å². The molecule has 3 N–H and O–H groups in total. The van der Waals surface area contributed by atoms with Gasteiger partial charge < -0.3 is 15.6 Å². The van der Waals surface area contributed by atoms with Crippen LogP contribution in [0.3, 0.4) is 0 Å². The van der Waals surface area contributed by atoms with Gasteiger partial charge in [0.05, 0.1) is 21.4 Å². The number of anilines is 1. The monoisotopic (exact) mass is 427 g/mol. The van der Waals surface area contributed by atoms with Crippen LogP contribution < -0.4 is 10.6 Å². The molecule has 0 bridgehead atoms. The minimum absolute atomic E-state index is 0.379. The molecule has 7 heteroatoms. The molecule has 5 rings (SSSR count). The van der Waals surface area contributed by atoms with E-state index in [-0.39, 0.29) is 0 Å². The average Bonchev–Trinajstić information content (AvgIpc) is 3.29. The third-order valence-corrected chi connectivity index (χ3v) is 6.42. The molecule has 1 aromatic carbocycles. The zero-order valence-electron chi connectivity index (χ0n) is 14.1. The second-order valence-electron chi connectivity index (χ2n) is 6.58. The van der Waals surface area contributed by atoms with Crippen LogP contribution in [-0.4, -0.2) is 34.1 Å². The fourth-order valence-corrected chi connectivity index (χ4v) is 4.90. The van der Waals surface area contributed by atoms with Crippen molar-refractivity contribution < 1.29 is 0 Å². The average molecular weight is 428 g/mol. The van der Waals surface area contributed by atoms with Gasteiger partial charge in [0.15, 0.2) is 0 Å². The number of hydrogen-bond acceptors (Lipinski definition) is 5. The van der Waals surface area contributed by atoms with Crippen LogP contribution in [0.5, 0.6) is 0 Å². The molecule has 1 atom stereocenters. The molecule has 0 saturated carbocycles. The lowest BCUT2D eigenvalue weighted by atomic mass is 10.1. The summed E-state index contributed by atoms with van der Waals surface area (Å²) in [6.07, 6.45) is 4.37. The van der Waals surface area contributed by atoms with Crippen LogP contribution in [0.15, 0.2) is 40.3 Å². The van der Waals surface area contributed by atoms with E-state index < -0.39 is 0 Å². The van der Waals surface area contributed by atoms with Gasteiger partial charge in [-0.15, -0.1) is 11.3 Å². The van der Waals surface area contributed by atoms with E-state index in [0.29, 0.717) is 12.0 Å². The number of H-pyrrole nitrogens is 1. The number of aromatic amines is 1. The number of thiophene rings is 1. The molecule has 1 aliphatic heterocycles. The Kier molecular flexibility index (Phi) is 4.15. The molecule has 0 radical (unpaired) electrons. The molecular formula is C19H18BrN5S. The molecule has 0 unspecified atom stereocenters. The Hall–Kier alpha value is -1.96. The van der Waals surface area contributed by atoms with Gasteiger partial charge in [-0.05, 0) is 52.8 Å². The summed E-state index contributed by atoms with van der Waals surface area (Å²) in [7, 11) is 0. The fourth-order valence-electron chi connectivity index (χ4n) is 3.58. The Bertz CT molecular complexity index is 1080. The molecule has 0 aliphatic carbocycles. The van der Waals surface area contributed by atoms with Crippen LogP contribution in [-0.2, 0) is 0 Å². The van der Waals surface area contributed by atoms with Crippen LogP contribution in [0.25, 0.3) is 32.4 Å². The summed E-state index contributed by atoms with van der Waals surface area (Å²) >= 11 is 5.31. The summed E-state index contributed by atoms with van der Waals surface area (Å²) in [6.45, 7) is 2.05. The van der Waals surface area contributed by atoms with Crippen molar-refractivity contribution >= 4 is 54.3 Å². The van der Waals surface area contributed by atoms with Crippen molar-refractivity contribution in [3.63, 3.8) is 0 Å². The van der Waals surface area contributed by atoms with Crippen LogP contribution in [0.1, 0.15) is 12.8 Å². The van der Waals surface area contributed by atoms with Gasteiger partial charge in [-0.25, -0.2) is 9.97 Å². The van der Waals surface area contributed by atoms with Crippen molar-refractivity contribution in [3.05, 3.63) is 40.3 Å². The normalized spacial score (nSPS) is 17.8. The Morgan fingerprint density at radius 3 is 3.08 bits per heavy atom. The summed E-state index contributed by atoms with van der Waals surface area (Å²) < 4.78 is 2.18. The molecule has 1 aliphatic rings. The molecule has 3 aromatic heterocycles. The second-order valence-corrected chi connectivity index (χ2v) is 8.35. The first-order valence-corrected chi connectivity index (χ1v) is 10.5. The predicted molar refractivity (Wildman–Crippen MR) is 112 cm³/mol. The van der Waals surface area contributed by atoms with Crippen LogP contribution in [0.4, 0.5) is 5.95 Å². The zero-order valence-corrected chi connectivity index (χ0v) is 16.5. The molecule has 5 nitrogen and oxygen atoms in total. The highest BCUT2D eigenvalue weighted by Crippen LogP contribution is 2.37. The van der Waals surface area contributed by atoms with E-state index in [0.717, 1.165) is 56.4 Å². The maximum atomic E-state index is 4.91. The molecule has 1 fully saturated rings. The third-order valence-electron chi connectivity index (χ3n) is 4.85. The molecule has 0 amide bonds. The lowest BCUT2D eigenvalue weighted by Gasteiger charge is -2.23. The summed E-state index contributed by atoms with van der Waals surface area (Å²) in [5.41, 5.74) is 4.19. The first kappa shape index (κ1) is 16.2. The van der Waals surface area contributed by atoms with Crippen molar-refractivity contribution in [3.8, 4) is 11.3 Å². The summed E-state index contributed by atoms with van der Waals surface area (Å²) in [5.74, 6) is 0.712. The van der Waals surface area contributed by atoms with Gasteiger partial charge in [-0.2, -0.15) is 0 Å². The van der Waals surface area contributed by atoms with E-state index in [4.69, 9.17) is 9.97 Å². The molecule has 4 aromatic rings. The molecule has 0 spiro atoms. The summed E-state index contributed by atoms with van der Waals surface area (Å²) in [5, 5.41) is 10.2. The Balaban J connectivity index is 1.63. The van der Waals surface area contributed by atoms with E-state index in [9.17, 15) is 0 Å². The number of para-hydroxylation sites is 1. The van der Waals surface area contributed by atoms with Crippen molar-refractivity contribution in [1.29, 1.82) is 0 Å². The molecule has 132 valence electrons. The maximum absolute atomic E-state index is 4.91. The minimum atomic E-state index is 0.379. The van der Waals surface area contributed by atoms with Gasteiger partial charge in [0.1, 0.15) is 0 Å². The van der Waals surface area contributed by atoms with Gasteiger partial charge in [0.25, 0.3) is 0 Å².